The van der Waals surface area contributed by atoms with Gasteiger partial charge in [-0.3, -0.25) is 0 Å². The lowest BCUT2D eigenvalue weighted by Gasteiger charge is -2.47. The zero-order valence-electron chi connectivity index (χ0n) is 6.18. The summed E-state index contributed by atoms with van der Waals surface area (Å²) in [6.07, 6.45) is 4.39. The van der Waals surface area contributed by atoms with Gasteiger partial charge in [0.25, 0.3) is 0 Å². The van der Waals surface area contributed by atoms with Crippen molar-refractivity contribution < 1.29 is 9.84 Å². The first-order valence-electron chi connectivity index (χ1n) is 4.07. The molecule has 1 spiro atoms. The smallest absolute Gasteiger partial charge is 0.0552 e. The van der Waals surface area contributed by atoms with Gasteiger partial charge in [-0.25, -0.2) is 0 Å². The van der Waals surface area contributed by atoms with E-state index in [2.05, 4.69) is 0 Å². The van der Waals surface area contributed by atoms with E-state index in [0.29, 0.717) is 5.41 Å². The summed E-state index contributed by atoms with van der Waals surface area (Å²) in [5.74, 6) is 0. The van der Waals surface area contributed by atoms with Crippen LogP contribution in [0.5, 0.6) is 0 Å². The van der Waals surface area contributed by atoms with Crippen LogP contribution in [0.1, 0.15) is 25.7 Å². The van der Waals surface area contributed by atoms with Gasteiger partial charge in [0, 0.05) is 6.61 Å². The van der Waals surface area contributed by atoms with E-state index in [1.54, 1.807) is 0 Å². The normalized spacial score (nSPS) is 47.1. The van der Waals surface area contributed by atoms with Crippen LogP contribution in [0, 0.1) is 5.41 Å². The molecule has 0 atom stereocenters. The van der Waals surface area contributed by atoms with E-state index >= 15 is 0 Å². The molecule has 2 fully saturated rings. The van der Waals surface area contributed by atoms with Gasteiger partial charge in [-0.05, 0) is 31.1 Å². The van der Waals surface area contributed by atoms with E-state index in [9.17, 15) is 0 Å². The first-order chi connectivity index (χ1) is 4.81. The van der Waals surface area contributed by atoms with Gasteiger partial charge >= 0.3 is 0 Å². The summed E-state index contributed by atoms with van der Waals surface area (Å²) < 4.78 is 5.36. The fourth-order valence-corrected chi connectivity index (χ4v) is 2.17. The standard InChI is InChI=1S/C8H14O2/c9-7-4-8(5-7)2-1-3-10-6-8/h7,9H,1-6H2. The lowest BCUT2D eigenvalue weighted by Crippen LogP contribution is -2.46. The predicted molar refractivity (Wildman–Crippen MR) is 37.7 cm³/mol. The molecule has 2 heteroatoms. The summed E-state index contributed by atoms with van der Waals surface area (Å²) in [6.45, 7) is 1.82. The summed E-state index contributed by atoms with van der Waals surface area (Å²) in [4.78, 5) is 0. The Kier molecular flexibility index (Phi) is 1.46. The molecule has 10 heavy (non-hydrogen) atoms. The molecule has 58 valence electrons. The number of aliphatic hydroxyl groups is 1. The Labute approximate surface area is 61.2 Å². The Balaban J connectivity index is 1.90. The second kappa shape index (κ2) is 2.21. The Morgan fingerprint density at radius 3 is 2.70 bits per heavy atom. The van der Waals surface area contributed by atoms with Crippen molar-refractivity contribution in [3.05, 3.63) is 0 Å². The first kappa shape index (κ1) is 6.62. The molecular weight excluding hydrogens is 128 g/mol. The number of hydrogen-bond acceptors (Lipinski definition) is 2. The minimum absolute atomic E-state index is 0.0262. The Hall–Kier alpha value is -0.0800. The van der Waals surface area contributed by atoms with Crippen molar-refractivity contribution in [1.29, 1.82) is 0 Å². The molecule has 0 unspecified atom stereocenters. The fourth-order valence-electron chi connectivity index (χ4n) is 2.17. The van der Waals surface area contributed by atoms with Crippen molar-refractivity contribution in [3.63, 3.8) is 0 Å². The van der Waals surface area contributed by atoms with Gasteiger partial charge in [0.1, 0.15) is 0 Å². The molecule has 2 nitrogen and oxygen atoms in total. The third-order valence-corrected chi connectivity index (χ3v) is 2.74. The summed E-state index contributed by atoms with van der Waals surface area (Å²) in [6, 6.07) is 0. The van der Waals surface area contributed by atoms with Crippen molar-refractivity contribution in [3.8, 4) is 0 Å². The van der Waals surface area contributed by atoms with Crippen molar-refractivity contribution in [2.75, 3.05) is 13.2 Å². The number of aliphatic hydroxyl groups excluding tert-OH is 1. The van der Waals surface area contributed by atoms with E-state index < -0.39 is 0 Å². The van der Waals surface area contributed by atoms with Gasteiger partial charge in [0.15, 0.2) is 0 Å². The van der Waals surface area contributed by atoms with Gasteiger partial charge in [0.05, 0.1) is 12.7 Å². The topological polar surface area (TPSA) is 29.5 Å². The first-order valence-corrected chi connectivity index (χ1v) is 4.07. The van der Waals surface area contributed by atoms with Crippen LogP contribution in [-0.4, -0.2) is 24.4 Å². The van der Waals surface area contributed by atoms with E-state index in [4.69, 9.17) is 9.84 Å². The summed E-state index contributed by atoms with van der Waals surface area (Å²) in [5.41, 5.74) is 0.400. The molecule has 0 aromatic rings. The van der Waals surface area contributed by atoms with Crippen molar-refractivity contribution in [1.82, 2.24) is 0 Å². The number of rotatable bonds is 0. The second-order valence-electron chi connectivity index (χ2n) is 3.72. The Morgan fingerprint density at radius 1 is 1.40 bits per heavy atom. The minimum atomic E-state index is -0.0262. The second-order valence-corrected chi connectivity index (χ2v) is 3.72. The van der Waals surface area contributed by atoms with Crippen molar-refractivity contribution in [2.24, 2.45) is 5.41 Å². The van der Waals surface area contributed by atoms with Crippen LogP contribution in [0.3, 0.4) is 0 Å². The van der Waals surface area contributed by atoms with E-state index in [-0.39, 0.29) is 6.10 Å². The highest BCUT2D eigenvalue weighted by Gasteiger charge is 2.44. The molecular formula is C8H14O2. The zero-order valence-corrected chi connectivity index (χ0v) is 6.18. The fraction of sp³-hybridized carbons (Fsp3) is 1.00. The highest BCUT2D eigenvalue weighted by Crippen LogP contribution is 2.46. The summed E-state index contributed by atoms with van der Waals surface area (Å²) in [5, 5.41) is 9.11. The molecule has 0 bridgehead atoms. The highest BCUT2D eigenvalue weighted by molar-refractivity contribution is 4.94. The van der Waals surface area contributed by atoms with Gasteiger partial charge in [0.2, 0.25) is 0 Å². The molecule has 0 aromatic carbocycles. The zero-order chi connectivity index (χ0) is 7.03. The number of hydrogen-bond donors (Lipinski definition) is 1. The highest BCUT2D eigenvalue weighted by atomic mass is 16.5. The third kappa shape index (κ3) is 0.956. The minimum Gasteiger partial charge on any atom is -0.393 e. The molecule has 0 radical (unpaired) electrons. The molecule has 0 amide bonds. The SMILES string of the molecule is OC1CC2(CCCOC2)C1. The molecule has 2 aliphatic rings. The van der Waals surface area contributed by atoms with Gasteiger partial charge in [-0.2, -0.15) is 0 Å². The lowest BCUT2D eigenvalue weighted by molar-refractivity contribution is -0.113. The van der Waals surface area contributed by atoms with Crippen LogP contribution in [0.2, 0.25) is 0 Å². The Morgan fingerprint density at radius 2 is 2.20 bits per heavy atom. The maximum absolute atomic E-state index is 9.11. The molecule has 1 heterocycles. The average molecular weight is 142 g/mol. The maximum atomic E-state index is 9.11. The van der Waals surface area contributed by atoms with Crippen LogP contribution in [0.25, 0.3) is 0 Å². The predicted octanol–water partition coefficient (Wildman–Crippen LogP) is 0.938. The average Bonchev–Trinajstić information content (AvgIpc) is 1.87. The molecule has 0 aromatic heterocycles. The maximum Gasteiger partial charge on any atom is 0.0552 e. The molecule has 1 aliphatic carbocycles. The van der Waals surface area contributed by atoms with Crippen LogP contribution in [0.15, 0.2) is 0 Å². The third-order valence-electron chi connectivity index (χ3n) is 2.74. The van der Waals surface area contributed by atoms with Gasteiger partial charge in [-0.15, -0.1) is 0 Å². The largest absolute Gasteiger partial charge is 0.393 e. The summed E-state index contributed by atoms with van der Waals surface area (Å²) >= 11 is 0. The van der Waals surface area contributed by atoms with Crippen molar-refractivity contribution >= 4 is 0 Å². The monoisotopic (exact) mass is 142 g/mol. The van der Waals surface area contributed by atoms with E-state index in [1.807, 2.05) is 0 Å². The quantitative estimate of drug-likeness (QED) is 0.545. The van der Waals surface area contributed by atoms with E-state index in [1.165, 1.54) is 12.8 Å². The van der Waals surface area contributed by atoms with E-state index in [0.717, 1.165) is 26.1 Å². The Bertz CT molecular complexity index is 112. The molecule has 1 saturated heterocycles. The lowest BCUT2D eigenvalue weighted by atomic mass is 9.64. The van der Waals surface area contributed by atoms with Crippen LogP contribution in [-0.2, 0) is 4.74 Å². The van der Waals surface area contributed by atoms with Crippen molar-refractivity contribution in [2.45, 2.75) is 31.8 Å². The molecule has 1 saturated carbocycles. The summed E-state index contributed by atoms with van der Waals surface area (Å²) in [7, 11) is 0. The van der Waals surface area contributed by atoms with Crippen LogP contribution >= 0.6 is 0 Å². The van der Waals surface area contributed by atoms with Crippen LogP contribution in [0.4, 0.5) is 0 Å². The molecule has 1 N–H and O–H groups in total. The van der Waals surface area contributed by atoms with Gasteiger partial charge < -0.3 is 9.84 Å². The van der Waals surface area contributed by atoms with Gasteiger partial charge in [-0.1, -0.05) is 0 Å². The number of ether oxygens (including phenoxy) is 1. The van der Waals surface area contributed by atoms with Crippen LogP contribution < -0.4 is 0 Å². The molecule has 1 aliphatic heterocycles. The molecule has 2 rings (SSSR count).